The number of esters is 1. The van der Waals surface area contributed by atoms with Gasteiger partial charge in [-0.3, -0.25) is 4.79 Å². The lowest BCUT2D eigenvalue weighted by Crippen LogP contribution is -2.47. The molecular formula is C17H23NO5. The Morgan fingerprint density at radius 2 is 2.04 bits per heavy atom. The summed E-state index contributed by atoms with van der Waals surface area (Å²) in [5.41, 5.74) is 0.912. The smallest absolute Gasteiger partial charge is 0.407 e. The van der Waals surface area contributed by atoms with Crippen molar-refractivity contribution in [1.29, 1.82) is 0 Å². The van der Waals surface area contributed by atoms with Crippen LogP contribution in [0.25, 0.3) is 0 Å². The Labute approximate surface area is 136 Å². The molecule has 0 aromatic heterocycles. The highest BCUT2D eigenvalue weighted by Gasteiger charge is 2.40. The molecule has 1 fully saturated rings. The quantitative estimate of drug-likeness (QED) is 0.815. The summed E-state index contributed by atoms with van der Waals surface area (Å²) in [5.74, 6) is -0.911. The highest BCUT2D eigenvalue weighted by atomic mass is 16.5. The number of carbonyl (C=O) groups is 2. The number of rotatable bonds is 6. The van der Waals surface area contributed by atoms with Gasteiger partial charge in [0.05, 0.1) is 18.1 Å². The Kier molecular flexibility index (Phi) is 5.98. The number of ether oxygens (including phenoxy) is 2. The number of likely N-dealkylation sites (tertiary alicyclic amines) is 1. The number of amides is 1. The van der Waals surface area contributed by atoms with Crippen LogP contribution in [0.3, 0.4) is 0 Å². The van der Waals surface area contributed by atoms with E-state index in [0.29, 0.717) is 13.0 Å². The van der Waals surface area contributed by atoms with E-state index in [0.717, 1.165) is 12.0 Å². The zero-order chi connectivity index (χ0) is 16.8. The number of hydrogen-bond donors (Lipinski definition) is 1. The first kappa shape index (κ1) is 17.3. The molecule has 3 atom stereocenters. The lowest BCUT2D eigenvalue weighted by molar-refractivity contribution is -0.155. The standard InChI is InChI=1S/C17H23NO5/c1-12(16(19)23-11-13-7-4-3-5-8-13)15(22-2)14-9-6-10-18(14)17(20)21/h3-5,7-8,12,14-15H,6,9-11H2,1-2H3,(H,20,21)/t12?,14-,15?/m0/s1. The lowest BCUT2D eigenvalue weighted by atomic mass is 9.96. The number of nitrogens with zero attached hydrogens (tertiary/aromatic N) is 1. The Hall–Kier alpha value is -2.08. The topological polar surface area (TPSA) is 76.1 Å². The molecule has 2 rings (SSSR count). The molecule has 1 aliphatic heterocycles. The van der Waals surface area contributed by atoms with E-state index in [4.69, 9.17) is 9.47 Å². The van der Waals surface area contributed by atoms with Crippen LogP contribution in [0.1, 0.15) is 25.3 Å². The number of methoxy groups -OCH3 is 1. The van der Waals surface area contributed by atoms with Crippen LogP contribution in [0.2, 0.25) is 0 Å². The van der Waals surface area contributed by atoms with Crippen LogP contribution in [0.5, 0.6) is 0 Å². The fourth-order valence-electron chi connectivity index (χ4n) is 3.06. The van der Waals surface area contributed by atoms with E-state index >= 15 is 0 Å². The van der Waals surface area contributed by atoms with Crippen molar-refractivity contribution in [3.05, 3.63) is 35.9 Å². The minimum atomic E-state index is -0.973. The number of carbonyl (C=O) groups excluding carboxylic acids is 1. The van der Waals surface area contributed by atoms with Crippen molar-refractivity contribution in [1.82, 2.24) is 4.90 Å². The largest absolute Gasteiger partial charge is 0.465 e. The maximum Gasteiger partial charge on any atom is 0.407 e. The third-order valence-electron chi connectivity index (χ3n) is 4.28. The van der Waals surface area contributed by atoms with E-state index in [9.17, 15) is 14.7 Å². The van der Waals surface area contributed by atoms with Gasteiger partial charge in [0.15, 0.2) is 0 Å². The van der Waals surface area contributed by atoms with Crippen molar-refractivity contribution in [2.24, 2.45) is 5.92 Å². The zero-order valence-corrected chi connectivity index (χ0v) is 13.5. The van der Waals surface area contributed by atoms with Gasteiger partial charge >= 0.3 is 12.1 Å². The third kappa shape index (κ3) is 4.22. The molecule has 0 saturated carbocycles. The predicted molar refractivity (Wildman–Crippen MR) is 84.0 cm³/mol. The van der Waals surface area contributed by atoms with Crippen molar-refractivity contribution in [2.75, 3.05) is 13.7 Å². The van der Waals surface area contributed by atoms with Crippen molar-refractivity contribution in [3.63, 3.8) is 0 Å². The average molecular weight is 321 g/mol. The average Bonchev–Trinajstić information content (AvgIpc) is 3.04. The first-order valence-corrected chi connectivity index (χ1v) is 7.77. The molecule has 2 unspecified atom stereocenters. The van der Waals surface area contributed by atoms with Crippen LogP contribution in [0.15, 0.2) is 30.3 Å². The van der Waals surface area contributed by atoms with Gasteiger partial charge in [0.1, 0.15) is 6.61 Å². The summed E-state index contributed by atoms with van der Waals surface area (Å²) in [6, 6.07) is 9.12. The molecule has 1 heterocycles. The minimum Gasteiger partial charge on any atom is -0.465 e. The second-order valence-corrected chi connectivity index (χ2v) is 5.77. The van der Waals surface area contributed by atoms with Crippen molar-refractivity contribution >= 4 is 12.1 Å². The molecule has 1 aromatic carbocycles. The Balaban J connectivity index is 1.97. The Bertz CT molecular complexity index is 533. The fourth-order valence-corrected chi connectivity index (χ4v) is 3.06. The Morgan fingerprint density at radius 1 is 1.35 bits per heavy atom. The fraction of sp³-hybridized carbons (Fsp3) is 0.529. The minimum absolute atomic E-state index is 0.202. The second-order valence-electron chi connectivity index (χ2n) is 5.77. The SMILES string of the molecule is COC(C(C)C(=O)OCc1ccccc1)[C@@H]1CCCN1C(=O)O. The molecule has 1 N–H and O–H groups in total. The molecule has 1 saturated heterocycles. The van der Waals surface area contributed by atoms with Gasteiger partial charge in [0, 0.05) is 13.7 Å². The van der Waals surface area contributed by atoms with E-state index in [2.05, 4.69) is 0 Å². The summed E-state index contributed by atoms with van der Waals surface area (Å²) in [5, 5.41) is 9.25. The van der Waals surface area contributed by atoms with E-state index in [1.54, 1.807) is 6.92 Å². The van der Waals surface area contributed by atoms with Crippen LogP contribution in [0.4, 0.5) is 4.79 Å². The van der Waals surface area contributed by atoms with Gasteiger partial charge in [-0.15, -0.1) is 0 Å². The van der Waals surface area contributed by atoms with Gasteiger partial charge in [0.25, 0.3) is 0 Å². The molecule has 0 bridgehead atoms. The number of benzene rings is 1. The van der Waals surface area contributed by atoms with Gasteiger partial charge in [-0.25, -0.2) is 4.79 Å². The monoisotopic (exact) mass is 321 g/mol. The van der Waals surface area contributed by atoms with Crippen LogP contribution in [-0.2, 0) is 20.9 Å². The van der Waals surface area contributed by atoms with Crippen molar-refractivity contribution < 1.29 is 24.2 Å². The van der Waals surface area contributed by atoms with Gasteiger partial charge < -0.3 is 19.5 Å². The molecule has 0 aliphatic carbocycles. The van der Waals surface area contributed by atoms with Crippen molar-refractivity contribution in [2.45, 2.75) is 38.5 Å². The molecule has 1 aromatic rings. The lowest BCUT2D eigenvalue weighted by Gasteiger charge is -2.31. The molecule has 6 heteroatoms. The van der Waals surface area contributed by atoms with Gasteiger partial charge in [-0.05, 0) is 25.3 Å². The molecule has 126 valence electrons. The molecular weight excluding hydrogens is 298 g/mol. The van der Waals surface area contributed by atoms with E-state index in [-0.39, 0.29) is 18.6 Å². The highest BCUT2D eigenvalue weighted by molar-refractivity contribution is 5.73. The maximum atomic E-state index is 12.3. The first-order chi connectivity index (χ1) is 11.0. The second kappa shape index (κ2) is 7.97. The summed E-state index contributed by atoms with van der Waals surface area (Å²) in [4.78, 5) is 24.9. The number of hydrogen-bond acceptors (Lipinski definition) is 4. The summed E-state index contributed by atoms with van der Waals surface area (Å²) in [6.07, 6.45) is 0.000244. The van der Waals surface area contributed by atoms with E-state index < -0.39 is 18.1 Å². The van der Waals surface area contributed by atoms with Gasteiger partial charge in [-0.1, -0.05) is 30.3 Å². The van der Waals surface area contributed by atoms with Crippen LogP contribution >= 0.6 is 0 Å². The summed E-state index contributed by atoms with van der Waals surface area (Å²) < 4.78 is 10.8. The molecule has 6 nitrogen and oxygen atoms in total. The van der Waals surface area contributed by atoms with E-state index in [1.165, 1.54) is 12.0 Å². The molecule has 1 aliphatic rings. The maximum absolute atomic E-state index is 12.3. The van der Waals surface area contributed by atoms with Gasteiger partial charge in [0.2, 0.25) is 0 Å². The molecule has 0 spiro atoms. The first-order valence-electron chi connectivity index (χ1n) is 7.77. The summed E-state index contributed by atoms with van der Waals surface area (Å²) in [6.45, 7) is 2.40. The Morgan fingerprint density at radius 3 is 2.65 bits per heavy atom. The van der Waals surface area contributed by atoms with E-state index in [1.807, 2.05) is 30.3 Å². The van der Waals surface area contributed by atoms with Crippen LogP contribution in [0, 0.1) is 5.92 Å². The predicted octanol–water partition coefficient (Wildman–Crippen LogP) is 2.52. The third-order valence-corrected chi connectivity index (χ3v) is 4.28. The normalized spacial score (nSPS) is 20.1. The molecule has 0 radical (unpaired) electrons. The zero-order valence-electron chi connectivity index (χ0n) is 13.5. The van der Waals surface area contributed by atoms with Crippen LogP contribution < -0.4 is 0 Å². The summed E-state index contributed by atoms with van der Waals surface area (Å²) >= 11 is 0. The highest BCUT2D eigenvalue weighted by Crippen LogP contribution is 2.26. The van der Waals surface area contributed by atoms with Gasteiger partial charge in [-0.2, -0.15) is 0 Å². The van der Waals surface area contributed by atoms with Crippen molar-refractivity contribution in [3.8, 4) is 0 Å². The van der Waals surface area contributed by atoms with Crippen LogP contribution in [-0.4, -0.2) is 47.9 Å². The molecule has 23 heavy (non-hydrogen) atoms. The molecule has 1 amide bonds. The number of carboxylic acid groups (broad SMARTS) is 1. The summed E-state index contributed by atoms with van der Waals surface area (Å²) in [7, 11) is 1.50.